The first-order valence-electron chi connectivity index (χ1n) is 11.6. The van der Waals surface area contributed by atoms with Crippen molar-refractivity contribution in [3.8, 4) is 0 Å². The highest BCUT2D eigenvalue weighted by Gasteiger charge is 2.41. The molecule has 2 aromatic rings. The van der Waals surface area contributed by atoms with Crippen LogP contribution in [0, 0.1) is 0 Å². The number of sulfonamides is 1. The summed E-state index contributed by atoms with van der Waals surface area (Å²) in [4.78, 5) is 42.8. The Morgan fingerprint density at radius 3 is 2.56 bits per heavy atom. The normalized spacial score (nSPS) is 21.6. The van der Waals surface area contributed by atoms with Crippen LogP contribution in [0.4, 0.5) is 0 Å². The minimum Gasteiger partial charge on any atom is -0.365 e. The van der Waals surface area contributed by atoms with E-state index in [2.05, 4.69) is 4.72 Å². The number of nitrogens with zero attached hydrogens (tertiary/aromatic N) is 3. The molecule has 12 heteroatoms. The molecule has 0 radical (unpaired) electrons. The molecule has 2 saturated heterocycles. The van der Waals surface area contributed by atoms with Gasteiger partial charge in [-0.25, -0.2) is 8.42 Å². The van der Waals surface area contributed by atoms with Crippen LogP contribution in [0.1, 0.15) is 13.3 Å². The van der Waals surface area contributed by atoms with Gasteiger partial charge in [-0.1, -0.05) is 23.7 Å². The molecule has 36 heavy (non-hydrogen) atoms. The van der Waals surface area contributed by atoms with E-state index < -0.39 is 34.1 Å². The van der Waals surface area contributed by atoms with Gasteiger partial charge >= 0.3 is 0 Å². The first-order valence-corrected chi connectivity index (χ1v) is 13.5. The first-order chi connectivity index (χ1) is 17.0. The van der Waals surface area contributed by atoms with Gasteiger partial charge in [0.2, 0.25) is 21.8 Å². The molecule has 1 unspecified atom stereocenters. The standard InChI is InChI=1S/C24H29ClN4O6S/c1-15(22(30)28-10-11-35-21(14-28)24(32)27(2)3)29-9-8-20(23(29)31)26-36(33,34)19-7-5-16-12-18(25)6-4-17(16)13-19/h4-7,12-13,15,20-21,26H,8-11,14H2,1-3H3/t15-,20-,21?/m0/s1. The summed E-state index contributed by atoms with van der Waals surface area (Å²) < 4.78 is 34.0. The predicted molar refractivity (Wildman–Crippen MR) is 134 cm³/mol. The van der Waals surface area contributed by atoms with Crippen molar-refractivity contribution in [3.63, 3.8) is 0 Å². The third kappa shape index (κ3) is 5.34. The van der Waals surface area contributed by atoms with E-state index in [0.29, 0.717) is 17.0 Å². The highest BCUT2D eigenvalue weighted by Crippen LogP contribution is 2.24. The second kappa shape index (κ2) is 10.3. The van der Waals surface area contributed by atoms with Crippen LogP contribution in [0.15, 0.2) is 41.3 Å². The monoisotopic (exact) mass is 536 g/mol. The van der Waals surface area contributed by atoms with Gasteiger partial charge in [-0.3, -0.25) is 14.4 Å². The molecule has 194 valence electrons. The number of nitrogens with one attached hydrogen (secondary N) is 1. The Morgan fingerprint density at radius 2 is 1.83 bits per heavy atom. The average molecular weight is 537 g/mol. The Kier molecular flexibility index (Phi) is 7.56. The number of amides is 3. The van der Waals surface area contributed by atoms with Gasteiger partial charge in [-0.2, -0.15) is 4.72 Å². The smallest absolute Gasteiger partial charge is 0.253 e. The Labute approximate surface area is 215 Å². The number of carbonyl (C=O) groups excluding carboxylic acids is 3. The molecule has 2 aliphatic heterocycles. The molecule has 0 saturated carbocycles. The molecule has 10 nitrogen and oxygen atoms in total. The fraction of sp³-hybridized carbons (Fsp3) is 0.458. The van der Waals surface area contributed by atoms with Crippen LogP contribution in [-0.2, 0) is 29.1 Å². The predicted octanol–water partition coefficient (Wildman–Crippen LogP) is 1.08. The third-order valence-corrected chi connectivity index (χ3v) is 8.25. The van der Waals surface area contributed by atoms with Gasteiger partial charge in [0.05, 0.1) is 18.0 Å². The number of hydrogen-bond donors (Lipinski definition) is 1. The lowest BCUT2D eigenvalue weighted by molar-refractivity contribution is -0.156. The van der Waals surface area contributed by atoms with Gasteiger partial charge in [0.1, 0.15) is 12.1 Å². The fourth-order valence-corrected chi connectivity index (χ4v) is 5.94. The van der Waals surface area contributed by atoms with E-state index in [4.69, 9.17) is 16.3 Å². The van der Waals surface area contributed by atoms with Crippen LogP contribution < -0.4 is 4.72 Å². The topological polar surface area (TPSA) is 116 Å². The van der Waals surface area contributed by atoms with Crippen molar-refractivity contribution in [2.24, 2.45) is 0 Å². The van der Waals surface area contributed by atoms with E-state index >= 15 is 0 Å². The maximum Gasteiger partial charge on any atom is 0.253 e. The number of fused-ring (bicyclic) bond motifs is 1. The van der Waals surface area contributed by atoms with Crippen molar-refractivity contribution < 1.29 is 27.5 Å². The number of morpholine rings is 1. The molecule has 2 fully saturated rings. The summed E-state index contributed by atoms with van der Waals surface area (Å²) in [7, 11) is -0.742. The summed E-state index contributed by atoms with van der Waals surface area (Å²) in [5, 5.41) is 2.06. The van der Waals surface area contributed by atoms with E-state index in [1.807, 2.05) is 0 Å². The van der Waals surface area contributed by atoms with Crippen LogP contribution in [0.3, 0.4) is 0 Å². The summed E-state index contributed by atoms with van der Waals surface area (Å²) in [5.41, 5.74) is 0. The van der Waals surface area contributed by atoms with Crippen molar-refractivity contribution in [1.29, 1.82) is 0 Å². The number of carbonyl (C=O) groups is 3. The lowest BCUT2D eigenvalue weighted by Crippen LogP contribution is -2.56. The van der Waals surface area contributed by atoms with Crippen LogP contribution in [0.25, 0.3) is 10.8 Å². The molecule has 0 bridgehead atoms. The minimum atomic E-state index is -3.98. The summed E-state index contributed by atoms with van der Waals surface area (Å²) in [6, 6.07) is 8.03. The Morgan fingerprint density at radius 1 is 1.14 bits per heavy atom. The van der Waals surface area contributed by atoms with Gasteiger partial charge in [0.25, 0.3) is 5.91 Å². The second-order valence-electron chi connectivity index (χ2n) is 9.20. The van der Waals surface area contributed by atoms with E-state index in [0.717, 1.165) is 5.39 Å². The van der Waals surface area contributed by atoms with Crippen molar-refractivity contribution in [2.45, 2.75) is 36.4 Å². The van der Waals surface area contributed by atoms with Gasteiger partial charge < -0.3 is 19.4 Å². The number of benzene rings is 2. The average Bonchev–Trinajstić information content (AvgIpc) is 3.21. The van der Waals surface area contributed by atoms with Gasteiger partial charge in [-0.15, -0.1) is 0 Å². The summed E-state index contributed by atoms with van der Waals surface area (Å²) in [6.45, 7) is 2.48. The molecule has 2 heterocycles. The summed E-state index contributed by atoms with van der Waals surface area (Å²) >= 11 is 6.00. The first kappa shape index (κ1) is 26.3. The molecule has 1 N–H and O–H groups in total. The van der Waals surface area contributed by atoms with Crippen molar-refractivity contribution in [3.05, 3.63) is 41.4 Å². The Hall–Kier alpha value is -2.73. The maximum absolute atomic E-state index is 13.1. The zero-order valence-corrected chi connectivity index (χ0v) is 21.9. The van der Waals surface area contributed by atoms with E-state index in [1.54, 1.807) is 45.3 Å². The molecule has 0 spiro atoms. The molecule has 4 rings (SSSR count). The SMILES string of the molecule is C[C@@H](C(=O)N1CCOC(C(=O)N(C)C)C1)N1CC[C@H](NS(=O)(=O)c2ccc3cc(Cl)ccc3c2)C1=O. The van der Waals surface area contributed by atoms with E-state index in [9.17, 15) is 22.8 Å². The number of rotatable bonds is 6. The second-order valence-corrected chi connectivity index (χ2v) is 11.4. The largest absolute Gasteiger partial charge is 0.365 e. The quantitative estimate of drug-likeness (QED) is 0.590. The highest BCUT2D eigenvalue weighted by atomic mass is 35.5. The molecule has 2 aliphatic rings. The number of likely N-dealkylation sites (N-methyl/N-ethyl adjacent to an activating group) is 1. The molecule has 3 amide bonds. The lowest BCUT2D eigenvalue weighted by Gasteiger charge is -2.36. The minimum absolute atomic E-state index is 0.0395. The molecule has 2 aromatic carbocycles. The van der Waals surface area contributed by atoms with Crippen LogP contribution in [0.5, 0.6) is 0 Å². The van der Waals surface area contributed by atoms with Crippen LogP contribution in [0.2, 0.25) is 5.02 Å². The van der Waals surface area contributed by atoms with Crippen molar-refractivity contribution in [1.82, 2.24) is 19.4 Å². The molecule has 3 atom stereocenters. The van der Waals surface area contributed by atoms with E-state index in [1.165, 1.54) is 26.8 Å². The van der Waals surface area contributed by atoms with Gasteiger partial charge in [-0.05, 0) is 48.4 Å². The van der Waals surface area contributed by atoms with Crippen LogP contribution >= 0.6 is 11.6 Å². The lowest BCUT2D eigenvalue weighted by atomic mass is 10.1. The molecule has 0 aliphatic carbocycles. The zero-order chi connectivity index (χ0) is 26.2. The number of likely N-dealkylation sites (tertiary alicyclic amines) is 1. The molecular formula is C24H29ClN4O6S. The number of halogens is 1. The van der Waals surface area contributed by atoms with Crippen molar-refractivity contribution >= 4 is 50.1 Å². The summed E-state index contributed by atoms with van der Waals surface area (Å²) in [6.07, 6.45) is -0.513. The van der Waals surface area contributed by atoms with Crippen LogP contribution in [-0.4, -0.2) is 99.4 Å². The number of hydrogen-bond acceptors (Lipinski definition) is 6. The maximum atomic E-state index is 13.1. The Bertz CT molecular complexity index is 1300. The highest BCUT2D eigenvalue weighted by molar-refractivity contribution is 7.89. The van der Waals surface area contributed by atoms with Crippen molar-refractivity contribution in [2.75, 3.05) is 40.3 Å². The van der Waals surface area contributed by atoms with E-state index in [-0.39, 0.29) is 42.8 Å². The summed E-state index contributed by atoms with van der Waals surface area (Å²) in [5.74, 6) is -0.996. The molecular weight excluding hydrogens is 508 g/mol. The molecule has 0 aromatic heterocycles. The third-order valence-electron chi connectivity index (χ3n) is 6.54. The number of ether oxygens (including phenoxy) is 1. The fourth-order valence-electron chi connectivity index (χ4n) is 4.50. The van der Waals surface area contributed by atoms with Gasteiger partial charge in [0.15, 0.2) is 6.10 Å². The van der Waals surface area contributed by atoms with Gasteiger partial charge in [0, 0.05) is 32.2 Å². The Balaban J connectivity index is 1.42. The zero-order valence-electron chi connectivity index (χ0n) is 20.3.